The second-order valence-electron chi connectivity index (χ2n) is 4.32. The summed E-state index contributed by atoms with van der Waals surface area (Å²) in [5, 5.41) is 10.1. The second kappa shape index (κ2) is 5.16. The molecule has 3 rings (SSSR count). The van der Waals surface area contributed by atoms with Crippen molar-refractivity contribution in [2.45, 2.75) is 20.4 Å². The largest absolute Gasteiger partial charge is 0.361 e. The lowest BCUT2D eigenvalue weighted by atomic mass is 10.4. The van der Waals surface area contributed by atoms with E-state index in [-0.39, 0.29) is 0 Å². The highest BCUT2D eigenvalue weighted by Gasteiger charge is 2.10. The van der Waals surface area contributed by atoms with E-state index in [9.17, 15) is 0 Å². The first-order valence-electron chi connectivity index (χ1n) is 6.37. The molecule has 0 saturated carbocycles. The zero-order chi connectivity index (χ0) is 13.9. The molecule has 0 atom stereocenters. The van der Waals surface area contributed by atoms with Crippen molar-refractivity contribution in [1.82, 2.24) is 25.1 Å². The molecule has 0 aliphatic rings. The second-order valence-corrected chi connectivity index (χ2v) is 4.32. The Kier molecular flexibility index (Phi) is 3.20. The van der Waals surface area contributed by atoms with Gasteiger partial charge in [-0.05, 0) is 13.8 Å². The van der Waals surface area contributed by atoms with Crippen LogP contribution in [0, 0.1) is 6.92 Å². The van der Waals surface area contributed by atoms with Crippen LogP contribution in [0.2, 0.25) is 0 Å². The van der Waals surface area contributed by atoms with E-state index in [0.717, 1.165) is 23.5 Å². The molecule has 8 heteroatoms. The van der Waals surface area contributed by atoms with Crippen LogP contribution in [0.3, 0.4) is 0 Å². The van der Waals surface area contributed by atoms with Crippen molar-refractivity contribution < 1.29 is 4.52 Å². The molecule has 0 aliphatic heterocycles. The summed E-state index contributed by atoms with van der Waals surface area (Å²) < 4.78 is 5.16. The van der Waals surface area contributed by atoms with E-state index in [1.165, 1.54) is 0 Å². The Morgan fingerprint density at radius 3 is 2.95 bits per heavy atom. The van der Waals surface area contributed by atoms with E-state index in [0.29, 0.717) is 24.0 Å². The minimum Gasteiger partial charge on any atom is -0.361 e. The van der Waals surface area contributed by atoms with Gasteiger partial charge in [0.2, 0.25) is 5.95 Å². The van der Waals surface area contributed by atoms with Gasteiger partial charge in [0.25, 0.3) is 0 Å². The average molecular weight is 273 g/mol. The average Bonchev–Trinajstić information content (AvgIpc) is 3.05. The van der Waals surface area contributed by atoms with Gasteiger partial charge in [0.1, 0.15) is 5.52 Å². The van der Waals surface area contributed by atoms with E-state index in [1.54, 1.807) is 6.33 Å². The van der Waals surface area contributed by atoms with Crippen molar-refractivity contribution >= 4 is 22.9 Å². The summed E-state index contributed by atoms with van der Waals surface area (Å²) in [7, 11) is 0. The number of imidazole rings is 1. The standard InChI is InChI=1S/C12H15N7O/c1-3-13-12-17-10(9-11(18-12)16-6-15-9)14-5-8-4-7(2)19-20-8/h4,6H,3,5H2,1-2H3,(H3,13,14,15,16,17,18). The van der Waals surface area contributed by atoms with Crippen LogP contribution in [-0.2, 0) is 6.54 Å². The fraction of sp³-hybridized carbons (Fsp3) is 0.333. The maximum absolute atomic E-state index is 5.16. The number of hydrogen-bond acceptors (Lipinski definition) is 7. The number of hydrogen-bond donors (Lipinski definition) is 3. The van der Waals surface area contributed by atoms with Gasteiger partial charge in [0.15, 0.2) is 17.2 Å². The normalized spacial score (nSPS) is 10.9. The van der Waals surface area contributed by atoms with Crippen molar-refractivity contribution in [3.05, 3.63) is 23.8 Å². The number of nitrogens with one attached hydrogen (secondary N) is 3. The van der Waals surface area contributed by atoms with Gasteiger partial charge in [-0.25, -0.2) is 4.98 Å². The van der Waals surface area contributed by atoms with Crippen LogP contribution in [0.15, 0.2) is 16.9 Å². The van der Waals surface area contributed by atoms with Gasteiger partial charge >= 0.3 is 0 Å². The molecule has 104 valence electrons. The Labute approximate surface area is 115 Å². The lowest BCUT2D eigenvalue weighted by Gasteiger charge is -2.07. The monoisotopic (exact) mass is 273 g/mol. The molecule has 0 bridgehead atoms. The molecular weight excluding hydrogens is 258 g/mol. The number of aromatic nitrogens is 5. The third kappa shape index (κ3) is 2.40. The number of fused-ring (bicyclic) bond motifs is 1. The SMILES string of the molecule is CCNc1nc(NCc2cc(C)no2)c2[nH]cnc2n1. The molecule has 0 radical (unpaired) electrons. The van der Waals surface area contributed by atoms with Gasteiger partial charge in [-0.15, -0.1) is 0 Å². The first-order chi connectivity index (χ1) is 9.76. The zero-order valence-electron chi connectivity index (χ0n) is 11.3. The first-order valence-corrected chi connectivity index (χ1v) is 6.37. The molecule has 0 fully saturated rings. The Morgan fingerprint density at radius 2 is 2.20 bits per heavy atom. The highest BCUT2D eigenvalue weighted by Crippen LogP contribution is 2.19. The summed E-state index contributed by atoms with van der Waals surface area (Å²) >= 11 is 0. The predicted octanol–water partition coefficient (Wildman–Crippen LogP) is 1.69. The van der Waals surface area contributed by atoms with Crippen molar-refractivity contribution in [1.29, 1.82) is 0 Å². The van der Waals surface area contributed by atoms with E-state index < -0.39 is 0 Å². The van der Waals surface area contributed by atoms with Crippen molar-refractivity contribution in [2.24, 2.45) is 0 Å². The number of aryl methyl sites for hydroxylation is 1. The number of H-pyrrole nitrogens is 1. The Balaban J connectivity index is 1.87. The van der Waals surface area contributed by atoms with Gasteiger partial charge in [-0.3, -0.25) is 0 Å². The molecule has 8 nitrogen and oxygen atoms in total. The van der Waals surface area contributed by atoms with Crippen LogP contribution in [0.4, 0.5) is 11.8 Å². The summed E-state index contributed by atoms with van der Waals surface area (Å²) in [5.41, 5.74) is 2.24. The molecular formula is C12H15N7O. The highest BCUT2D eigenvalue weighted by molar-refractivity contribution is 5.83. The Hall–Kier alpha value is -2.64. The molecule has 3 aromatic rings. The van der Waals surface area contributed by atoms with E-state index in [4.69, 9.17) is 4.52 Å². The lowest BCUT2D eigenvalue weighted by Crippen LogP contribution is -2.07. The molecule has 3 N–H and O–H groups in total. The number of rotatable bonds is 5. The fourth-order valence-electron chi connectivity index (χ4n) is 1.87. The number of nitrogens with zero attached hydrogens (tertiary/aromatic N) is 4. The maximum Gasteiger partial charge on any atom is 0.226 e. The van der Waals surface area contributed by atoms with Crippen molar-refractivity contribution in [2.75, 3.05) is 17.2 Å². The number of anilines is 2. The van der Waals surface area contributed by atoms with Gasteiger partial charge < -0.3 is 20.1 Å². The Morgan fingerprint density at radius 1 is 1.30 bits per heavy atom. The van der Waals surface area contributed by atoms with Crippen molar-refractivity contribution in [3.8, 4) is 0 Å². The third-order valence-electron chi connectivity index (χ3n) is 2.73. The Bertz CT molecular complexity index is 717. The van der Waals surface area contributed by atoms with Gasteiger partial charge in [-0.1, -0.05) is 5.16 Å². The van der Waals surface area contributed by atoms with Crippen molar-refractivity contribution in [3.63, 3.8) is 0 Å². The number of aromatic amines is 1. The van der Waals surface area contributed by atoms with Crippen LogP contribution in [-0.4, -0.2) is 31.6 Å². The van der Waals surface area contributed by atoms with Crippen LogP contribution in [0.1, 0.15) is 18.4 Å². The molecule has 3 heterocycles. The summed E-state index contributed by atoms with van der Waals surface area (Å²) in [6, 6.07) is 1.88. The molecule has 3 aromatic heterocycles. The molecule has 20 heavy (non-hydrogen) atoms. The summed E-state index contributed by atoms with van der Waals surface area (Å²) in [6.07, 6.45) is 1.60. The minimum atomic E-state index is 0.498. The smallest absolute Gasteiger partial charge is 0.226 e. The molecule has 0 amide bonds. The molecule has 0 aromatic carbocycles. The molecule has 0 saturated heterocycles. The minimum absolute atomic E-state index is 0.498. The zero-order valence-corrected chi connectivity index (χ0v) is 11.3. The van der Waals surface area contributed by atoms with E-state index >= 15 is 0 Å². The third-order valence-corrected chi connectivity index (χ3v) is 2.73. The summed E-state index contributed by atoms with van der Waals surface area (Å²) in [6.45, 7) is 5.12. The van der Waals surface area contributed by atoms with Crippen LogP contribution < -0.4 is 10.6 Å². The predicted molar refractivity (Wildman–Crippen MR) is 74.4 cm³/mol. The van der Waals surface area contributed by atoms with E-state index in [2.05, 4.69) is 35.7 Å². The maximum atomic E-state index is 5.16. The topological polar surface area (TPSA) is 105 Å². The first kappa shape index (κ1) is 12.4. The quantitative estimate of drug-likeness (QED) is 0.649. The summed E-state index contributed by atoms with van der Waals surface area (Å²) in [5.74, 6) is 1.97. The lowest BCUT2D eigenvalue weighted by molar-refractivity contribution is 0.384. The van der Waals surface area contributed by atoms with E-state index in [1.807, 2.05) is 19.9 Å². The molecule has 0 spiro atoms. The molecule has 0 aliphatic carbocycles. The van der Waals surface area contributed by atoms with Gasteiger partial charge in [-0.2, -0.15) is 9.97 Å². The fourth-order valence-corrected chi connectivity index (χ4v) is 1.87. The van der Waals surface area contributed by atoms with Crippen LogP contribution >= 0.6 is 0 Å². The summed E-state index contributed by atoms with van der Waals surface area (Å²) in [4.78, 5) is 15.9. The van der Waals surface area contributed by atoms with Crippen LogP contribution in [0.25, 0.3) is 11.2 Å². The van der Waals surface area contributed by atoms with Gasteiger partial charge in [0.05, 0.1) is 18.6 Å². The van der Waals surface area contributed by atoms with Crippen LogP contribution in [0.5, 0.6) is 0 Å². The molecule has 0 unspecified atom stereocenters. The van der Waals surface area contributed by atoms with Gasteiger partial charge in [0, 0.05) is 12.6 Å². The highest BCUT2D eigenvalue weighted by atomic mass is 16.5.